The molecular formula is C13H10ClO3-. The van der Waals surface area contributed by atoms with Crippen LogP contribution in [-0.2, 0) is 9.59 Å². The summed E-state index contributed by atoms with van der Waals surface area (Å²) >= 11 is 5.78. The highest BCUT2D eigenvalue weighted by Crippen LogP contribution is 2.33. The fraction of sp³-hybridized carbons (Fsp3) is 0.231. The molecule has 0 amide bonds. The van der Waals surface area contributed by atoms with E-state index in [1.165, 1.54) is 0 Å². The van der Waals surface area contributed by atoms with Gasteiger partial charge >= 0.3 is 0 Å². The number of benzene rings is 1. The third-order valence-electron chi connectivity index (χ3n) is 2.82. The highest BCUT2D eigenvalue weighted by atomic mass is 35.5. The minimum atomic E-state index is -1.22. The van der Waals surface area contributed by atoms with E-state index in [0.717, 1.165) is 11.1 Å². The predicted octanol–water partition coefficient (Wildman–Crippen LogP) is 1.60. The van der Waals surface area contributed by atoms with Crippen LogP contribution in [0, 0.1) is 0 Å². The molecule has 1 aromatic carbocycles. The van der Waals surface area contributed by atoms with E-state index in [0.29, 0.717) is 23.4 Å². The molecule has 0 bridgehead atoms. The van der Waals surface area contributed by atoms with Crippen molar-refractivity contribution in [2.75, 3.05) is 0 Å². The average Bonchev–Trinajstić information content (AvgIpc) is 2.61. The fourth-order valence-electron chi connectivity index (χ4n) is 2.03. The number of carbonyl (C=O) groups excluding carboxylic acids is 2. The van der Waals surface area contributed by atoms with Crippen molar-refractivity contribution < 1.29 is 14.7 Å². The predicted molar refractivity (Wildman–Crippen MR) is 62.2 cm³/mol. The summed E-state index contributed by atoms with van der Waals surface area (Å²) < 4.78 is 0. The quantitative estimate of drug-likeness (QED) is 0.818. The second-order valence-corrected chi connectivity index (χ2v) is 4.37. The summed E-state index contributed by atoms with van der Waals surface area (Å²) in [5, 5.41) is 11.2. The SMILES string of the molecule is O=C([O-])CC1=C(c2ccc(Cl)cc2)CCC1=O. The summed E-state index contributed by atoms with van der Waals surface area (Å²) in [5.41, 5.74) is 2.03. The third kappa shape index (κ3) is 2.56. The Labute approximate surface area is 104 Å². The van der Waals surface area contributed by atoms with Crippen molar-refractivity contribution in [2.24, 2.45) is 0 Å². The van der Waals surface area contributed by atoms with Gasteiger partial charge in [0.1, 0.15) is 0 Å². The van der Waals surface area contributed by atoms with Gasteiger partial charge in [-0.15, -0.1) is 0 Å². The summed E-state index contributed by atoms with van der Waals surface area (Å²) in [6.07, 6.45) is 0.653. The molecule has 1 aromatic rings. The number of carboxylic acid groups (broad SMARTS) is 1. The Morgan fingerprint density at radius 1 is 1.24 bits per heavy atom. The zero-order valence-electron chi connectivity index (χ0n) is 9.03. The standard InChI is InChI=1S/C13H11ClO3/c14-9-3-1-8(2-4-9)10-5-6-12(15)11(10)7-13(16)17/h1-4H,5-7H2,(H,16,17)/p-1. The molecule has 0 radical (unpaired) electrons. The number of carboxylic acids is 1. The molecule has 0 aromatic heterocycles. The molecule has 1 aliphatic rings. The largest absolute Gasteiger partial charge is 0.550 e. The van der Waals surface area contributed by atoms with Gasteiger partial charge in [0, 0.05) is 29.4 Å². The van der Waals surface area contributed by atoms with Crippen LogP contribution in [0.4, 0.5) is 0 Å². The lowest BCUT2D eigenvalue weighted by atomic mass is 10.0. The Morgan fingerprint density at radius 3 is 2.47 bits per heavy atom. The van der Waals surface area contributed by atoms with E-state index < -0.39 is 5.97 Å². The lowest BCUT2D eigenvalue weighted by Crippen LogP contribution is -2.23. The van der Waals surface area contributed by atoms with Crippen LogP contribution in [-0.4, -0.2) is 11.8 Å². The molecule has 0 heterocycles. The van der Waals surface area contributed by atoms with Crippen LogP contribution < -0.4 is 5.11 Å². The summed E-state index contributed by atoms with van der Waals surface area (Å²) in [6.45, 7) is 0. The van der Waals surface area contributed by atoms with E-state index in [1.807, 2.05) is 0 Å². The maximum atomic E-state index is 11.6. The molecule has 0 spiro atoms. The number of allylic oxidation sites excluding steroid dienone is 1. The van der Waals surface area contributed by atoms with Crippen molar-refractivity contribution in [2.45, 2.75) is 19.3 Å². The maximum absolute atomic E-state index is 11.6. The average molecular weight is 250 g/mol. The third-order valence-corrected chi connectivity index (χ3v) is 3.07. The highest BCUT2D eigenvalue weighted by Gasteiger charge is 2.23. The van der Waals surface area contributed by atoms with Crippen LogP contribution >= 0.6 is 11.6 Å². The van der Waals surface area contributed by atoms with E-state index in [9.17, 15) is 14.7 Å². The van der Waals surface area contributed by atoms with Gasteiger partial charge in [0.15, 0.2) is 5.78 Å². The Bertz CT molecular complexity index is 500. The second kappa shape index (κ2) is 4.72. The minimum Gasteiger partial charge on any atom is -0.550 e. The first-order valence-electron chi connectivity index (χ1n) is 5.29. The number of rotatable bonds is 3. The van der Waals surface area contributed by atoms with Gasteiger partial charge in [-0.3, -0.25) is 4.79 Å². The topological polar surface area (TPSA) is 57.2 Å². The second-order valence-electron chi connectivity index (χ2n) is 3.94. The van der Waals surface area contributed by atoms with Crippen LogP contribution in [0.3, 0.4) is 0 Å². The Balaban J connectivity index is 2.40. The molecule has 0 atom stereocenters. The van der Waals surface area contributed by atoms with Crippen LogP contribution in [0.2, 0.25) is 5.02 Å². The zero-order chi connectivity index (χ0) is 12.4. The molecule has 0 aliphatic heterocycles. The van der Waals surface area contributed by atoms with Crippen molar-refractivity contribution in [3.63, 3.8) is 0 Å². The number of halogens is 1. The van der Waals surface area contributed by atoms with Crippen LogP contribution in [0.5, 0.6) is 0 Å². The monoisotopic (exact) mass is 249 g/mol. The molecule has 4 heteroatoms. The van der Waals surface area contributed by atoms with Crippen molar-refractivity contribution in [1.29, 1.82) is 0 Å². The van der Waals surface area contributed by atoms with Gasteiger partial charge in [-0.05, 0) is 29.7 Å². The molecule has 1 aliphatic carbocycles. The summed E-state index contributed by atoms with van der Waals surface area (Å²) in [5.74, 6) is -1.32. The summed E-state index contributed by atoms with van der Waals surface area (Å²) in [7, 11) is 0. The molecular weight excluding hydrogens is 240 g/mol. The van der Waals surface area contributed by atoms with Crippen LogP contribution in [0.25, 0.3) is 5.57 Å². The van der Waals surface area contributed by atoms with Gasteiger partial charge in [0.2, 0.25) is 0 Å². The molecule has 0 fully saturated rings. The molecule has 0 unspecified atom stereocenters. The van der Waals surface area contributed by atoms with Crippen molar-refractivity contribution in [3.8, 4) is 0 Å². The Hall–Kier alpha value is -1.61. The van der Waals surface area contributed by atoms with E-state index >= 15 is 0 Å². The van der Waals surface area contributed by atoms with E-state index in [4.69, 9.17) is 11.6 Å². The van der Waals surface area contributed by atoms with Crippen LogP contribution in [0.1, 0.15) is 24.8 Å². The number of hydrogen-bond acceptors (Lipinski definition) is 3. The summed E-state index contributed by atoms with van der Waals surface area (Å²) in [4.78, 5) is 22.2. The smallest absolute Gasteiger partial charge is 0.159 e. The molecule has 0 saturated heterocycles. The first kappa shape index (κ1) is 11.9. The normalized spacial score (nSPS) is 15.5. The Kier molecular flexibility index (Phi) is 3.29. The first-order valence-corrected chi connectivity index (χ1v) is 5.66. The van der Waals surface area contributed by atoms with Crippen molar-refractivity contribution in [1.82, 2.24) is 0 Å². The summed E-state index contributed by atoms with van der Waals surface area (Å²) in [6, 6.07) is 7.05. The fourth-order valence-corrected chi connectivity index (χ4v) is 2.15. The van der Waals surface area contributed by atoms with Gasteiger partial charge in [-0.2, -0.15) is 0 Å². The molecule has 2 rings (SSSR count). The number of aliphatic carboxylic acids is 1. The molecule has 0 N–H and O–H groups in total. The highest BCUT2D eigenvalue weighted by molar-refractivity contribution is 6.30. The molecule has 3 nitrogen and oxygen atoms in total. The minimum absolute atomic E-state index is 0.0980. The van der Waals surface area contributed by atoms with Crippen molar-refractivity contribution in [3.05, 3.63) is 40.4 Å². The Morgan fingerprint density at radius 2 is 1.88 bits per heavy atom. The van der Waals surface area contributed by atoms with E-state index in [1.54, 1.807) is 24.3 Å². The number of Topliss-reactive ketones (excluding diaryl/α,β-unsaturated/α-hetero) is 1. The molecule has 17 heavy (non-hydrogen) atoms. The van der Waals surface area contributed by atoms with Crippen LogP contribution in [0.15, 0.2) is 29.8 Å². The van der Waals surface area contributed by atoms with Gasteiger partial charge in [-0.1, -0.05) is 23.7 Å². The maximum Gasteiger partial charge on any atom is 0.159 e. The van der Waals surface area contributed by atoms with Crippen molar-refractivity contribution >= 4 is 28.9 Å². The van der Waals surface area contributed by atoms with Gasteiger partial charge < -0.3 is 9.90 Å². The number of carbonyl (C=O) groups is 2. The first-order chi connectivity index (χ1) is 8.08. The van der Waals surface area contributed by atoms with Gasteiger partial charge in [0.05, 0.1) is 0 Å². The molecule has 0 saturated carbocycles. The molecule has 88 valence electrons. The van der Waals surface area contributed by atoms with E-state index in [2.05, 4.69) is 0 Å². The lowest BCUT2D eigenvalue weighted by molar-refractivity contribution is -0.304. The lowest BCUT2D eigenvalue weighted by Gasteiger charge is -2.07. The number of hydrogen-bond donors (Lipinski definition) is 0. The van der Waals surface area contributed by atoms with E-state index in [-0.39, 0.29) is 12.2 Å². The number of ketones is 1. The van der Waals surface area contributed by atoms with Gasteiger partial charge in [0.25, 0.3) is 0 Å². The zero-order valence-corrected chi connectivity index (χ0v) is 9.79. The van der Waals surface area contributed by atoms with Gasteiger partial charge in [-0.25, -0.2) is 0 Å².